The van der Waals surface area contributed by atoms with Crippen molar-refractivity contribution in [1.82, 2.24) is 15.0 Å². The molecule has 0 spiro atoms. The molecule has 0 saturated heterocycles. The Morgan fingerprint density at radius 3 is 2.76 bits per heavy atom. The van der Waals surface area contributed by atoms with Crippen LogP contribution in [0.2, 0.25) is 0 Å². The van der Waals surface area contributed by atoms with Crippen LogP contribution in [0.1, 0.15) is 0 Å². The Hall–Kier alpha value is -1.53. The van der Waals surface area contributed by atoms with Crippen LogP contribution >= 0.6 is 27.3 Å². The predicted octanol–water partition coefficient (Wildman–Crippen LogP) is 3.64. The van der Waals surface area contributed by atoms with Crippen LogP contribution in [-0.2, 0) is 0 Å². The summed E-state index contributed by atoms with van der Waals surface area (Å²) in [5.74, 6) is 0.729. The zero-order chi connectivity index (χ0) is 11.7. The van der Waals surface area contributed by atoms with Crippen molar-refractivity contribution < 1.29 is 4.74 Å². The van der Waals surface area contributed by atoms with Crippen molar-refractivity contribution in [3.8, 4) is 11.8 Å². The molecule has 3 rings (SSSR count). The summed E-state index contributed by atoms with van der Waals surface area (Å²) in [5.41, 5.74) is 0.921. The molecule has 0 aromatic carbocycles. The third-order valence-electron chi connectivity index (χ3n) is 2.11. The molecule has 0 atom stereocenters. The Bertz CT molecular complexity index is 653. The van der Waals surface area contributed by atoms with Gasteiger partial charge in [-0.2, -0.15) is 0 Å². The predicted molar refractivity (Wildman–Crippen MR) is 69.4 cm³/mol. The summed E-state index contributed by atoms with van der Waals surface area (Å²) in [7, 11) is 0. The van der Waals surface area contributed by atoms with E-state index in [9.17, 15) is 0 Å². The first kappa shape index (κ1) is 10.6. The standard InChI is InChI=1S/C11H6BrN3OS/c12-7-5-14-11(15-6-7)16-9-1-3-13-8-2-4-17-10(8)9/h1-6H. The lowest BCUT2D eigenvalue weighted by Gasteiger charge is -2.03. The second-order valence-electron chi connectivity index (χ2n) is 3.23. The van der Waals surface area contributed by atoms with Gasteiger partial charge in [-0.15, -0.1) is 11.3 Å². The van der Waals surface area contributed by atoms with E-state index in [1.54, 1.807) is 29.9 Å². The van der Waals surface area contributed by atoms with Gasteiger partial charge < -0.3 is 4.74 Å². The molecule has 0 saturated carbocycles. The average molecular weight is 308 g/mol. The smallest absolute Gasteiger partial charge is 0.321 e. The molecule has 0 unspecified atom stereocenters. The van der Waals surface area contributed by atoms with Gasteiger partial charge in [0.15, 0.2) is 5.75 Å². The topological polar surface area (TPSA) is 47.9 Å². The quantitative estimate of drug-likeness (QED) is 0.725. The summed E-state index contributed by atoms with van der Waals surface area (Å²) in [6, 6.07) is 4.09. The Morgan fingerprint density at radius 2 is 1.94 bits per heavy atom. The number of thiophene rings is 1. The van der Waals surface area contributed by atoms with Gasteiger partial charge in [0, 0.05) is 24.7 Å². The maximum absolute atomic E-state index is 5.63. The number of hydrogen-bond acceptors (Lipinski definition) is 5. The van der Waals surface area contributed by atoms with Crippen LogP contribution < -0.4 is 4.74 Å². The zero-order valence-corrected chi connectivity index (χ0v) is 10.9. The van der Waals surface area contributed by atoms with E-state index in [1.807, 2.05) is 17.5 Å². The molecule has 0 radical (unpaired) electrons. The molecule has 6 heteroatoms. The lowest BCUT2D eigenvalue weighted by Crippen LogP contribution is -1.91. The number of ether oxygens (including phenoxy) is 1. The van der Waals surface area contributed by atoms with Crippen LogP contribution in [0, 0.1) is 0 Å². The highest BCUT2D eigenvalue weighted by Crippen LogP contribution is 2.31. The van der Waals surface area contributed by atoms with Crippen molar-refractivity contribution in [2.24, 2.45) is 0 Å². The highest BCUT2D eigenvalue weighted by molar-refractivity contribution is 9.10. The summed E-state index contributed by atoms with van der Waals surface area (Å²) in [6.07, 6.45) is 5.01. The van der Waals surface area contributed by atoms with Gasteiger partial charge in [-0.1, -0.05) is 0 Å². The molecule has 0 aliphatic rings. The highest BCUT2D eigenvalue weighted by atomic mass is 79.9. The van der Waals surface area contributed by atoms with Gasteiger partial charge in [-0.3, -0.25) is 4.98 Å². The van der Waals surface area contributed by atoms with Crippen LogP contribution in [0.25, 0.3) is 10.2 Å². The molecule has 17 heavy (non-hydrogen) atoms. The van der Waals surface area contributed by atoms with Crippen molar-refractivity contribution >= 4 is 37.5 Å². The fourth-order valence-electron chi connectivity index (χ4n) is 1.38. The second-order valence-corrected chi connectivity index (χ2v) is 5.06. The summed E-state index contributed by atoms with van der Waals surface area (Å²) >= 11 is 4.86. The third kappa shape index (κ3) is 2.13. The molecule has 0 fully saturated rings. The minimum atomic E-state index is 0.328. The maximum Gasteiger partial charge on any atom is 0.321 e. The number of halogens is 1. The molecule has 0 aliphatic carbocycles. The average Bonchev–Trinajstić information content (AvgIpc) is 2.81. The highest BCUT2D eigenvalue weighted by Gasteiger charge is 2.06. The van der Waals surface area contributed by atoms with Gasteiger partial charge in [-0.05, 0) is 27.4 Å². The number of pyridine rings is 1. The largest absolute Gasteiger partial charge is 0.423 e. The van der Waals surface area contributed by atoms with Gasteiger partial charge in [0.05, 0.1) is 14.7 Å². The van der Waals surface area contributed by atoms with Crippen LogP contribution in [0.3, 0.4) is 0 Å². The van der Waals surface area contributed by atoms with Crippen molar-refractivity contribution in [2.45, 2.75) is 0 Å². The SMILES string of the molecule is Brc1cnc(Oc2ccnc3ccsc23)nc1. The fraction of sp³-hybridized carbons (Fsp3) is 0. The molecule has 84 valence electrons. The molecular formula is C11H6BrN3OS. The van der Waals surface area contributed by atoms with Gasteiger partial charge in [0.1, 0.15) is 0 Å². The molecule has 0 N–H and O–H groups in total. The van der Waals surface area contributed by atoms with E-state index < -0.39 is 0 Å². The van der Waals surface area contributed by atoms with Crippen molar-refractivity contribution in [3.05, 3.63) is 40.6 Å². The van der Waals surface area contributed by atoms with Crippen molar-refractivity contribution in [2.75, 3.05) is 0 Å². The molecule has 3 heterocycles. The van der Waals surface area contributed by atoms with E-state index >= 15 is 0 Å². The second kappa shape index (κ2) is 4.38. The van der Waals surface area contributed by atoms with E-state index in [0.29, 0.717) is 6.01 Å². The number of rotatable bonds is 2. The van der Waals surface area contributed by atoms with Crippen molar-refractivity contribution in [1.29, 1.82) is 0 Å². The zero-order valence-electron chi connectivity index (χ0n) is 8.50. The van der Waals surface area contributed by atoms with Crippen LogP contribution in [-0.4, -0.2) is 15.0 Å². The minimum absolute atomic E-state index is 0.328. The molecule has 0 amide bonds. The number of aromatic nitrogens is 3. The van der Waals surface area contributed by atoms with E-state index in [2.05, 4.69) is 30.9 Å². The van der Waals surface area contributed by atoms with E-state index in [0.717, 1.165) is 20.4 Å². The summed E-state index contributed by atoms with van der Waals surface area (Å²) in [6.45, 7) is 0. The number of fused-ring (bicyclic) bond motifs is 1. The van der Waals surface area contributed by atoms with E-state index in [1.165, 1.54) is 0 Å². The fourth-order valence-corrected chi connectivity index (χ4v) is 2.39. The third-order valence-corrected chi connectivity index (χ3v) is 3.43. The molecule has 3 aromatic heterocycles. The van der Waals surface area contributed by atoms with Gasteiger partial charge in [-0.25, -0.2) is 9.97 Å². The number of nitrogens with zero attached hydrogens (tertiary/aromatic N) is 3. The van der Waals surface area contributed by atoms with Crippen LogP contribution in [0.4, 0.5) is 0 Å². The van der Waals surface area contributed by atoms with Gasteiger partial charge >= 0.3 is 6.01 Å². The van der Waals surface area contributed by atoms with E-state index in [4.69, 9.17) is 4.74 Å². The summed E-state index contributed by atoms with van der Waals surface area (Å²) in [5, 5.41) is 1.98. The minimum Gasteiger partial charge on any atom is -0.423 e. The molecule has 0 aliphatic heterocycles. The first-order valence-corrected chi connectivity index (χ1v) is 6.48. The van der Waals surface area contributed by atoms with E-state index in [-0.39, 0.29) is 0 Å². The molecular weight excluding hydrogens is 302 g/mol. The van der Waals surface area contributed by atoms with Crippen LogP contribution in [0.15, 0.2) is 40.6 Å². The molecule has 3 aromatic rings. The Morgan fingerprint density at radius 1 is 1.12 bits per heavy atom. The van der Waals surface area contributed by atoms with Crippen molar-refractivity contribution in [3.63, 3.8) is 0 Å². The monoisotopic (exact) mass is 307 g/mol. The molecule has 4 nitrogen and oxygen atoms in total. The Labute approximate surface area is 109 Å². The van der Waals surface area contributed by atoms with Gasteiger partial charge in [0.25, 0.3) is 0 Å². The Balaban J connectivity index is 1.99. The lowest BCUT2D eigenvalue weighted by atomic mass is 10.4. The molecule has 0 bridgehead atoms. The summed E-state index contributed by atoms with van der Waals surface area (Å²) in [4.78, 5) is 12.4. The van der Waals surface area contributed by atoms with Gasteiger partial charge in [0.2, 0.25) is 0 Å². The normalized spacial score (nSPS) is 10.6. The lowest BCUT2D eigenvalue weighted by molar-refractivity contribution is 0.446. The Kier molecular flexibility index (Phi) is 2.74. The first-order valence-electron chi connectivity index (χ1n) is 4.80. The first-order chi connectivity index (χ1) is 8.33. The number of hydrogen-bond donors (Lipinski definition) is 0. The maximum atomic E-state index is 5.63. The summed E-state index contributed by atoms with van der Waals surface area (Å²) < 4.78 is 7.45. The van der Waals surface area contributed by atoms with Crippen LogP contribution in [0.5, 0.6) is 11.8 Å².